The smallest absolute Gasteiger partial charge is 0.330 e. The van der Waals surface area contributed by atoms with Crippen molar-refractivity contribution in [3.63, 3.8) is 0 Å². The lowest BCUT2D eigenvalue weighted by molar-refractivity contribution is 0.103. The highest BCUT2D eigenvalue weighted by Gasteiger charge is 2.48. The van der Waals surface area contributed by atoms with Gasteiger partial charge in [0, 0.05) is 26.1 Å². The molecule has 3 rings (SSSR count). The molecule has 7 heteroatoms. The second-order valence-corrected chi connectivity index (χ2v) is 7.13. The molecule has 0 saturated heterocycles. The number of amides is 2. The average Bonchev–Trinajstić information content (AvgIpc) is 3.08. The lowest BCUT2D eigenvalue weighted by Crippen LogP contribution is -2.47. The van der Waals surface area contributed by atoms with Crippen molar-refractivity contribution in [1.29, 1.82) is 0 Å². The highest BCUT2D eigenvalue weighted by Crippen LogP contribution is 2.43. The van der Waals surface area contributed by atoms with Gasteiger partial charge >= 0.3 is 6.03 Å². The molecule has 1 aliphatic rings. The van der Waals surface area contributed by atoms with Crippen LogP contribution < -0.4 is 5.73 Å². The second kappa shape index (κ2) is 8.06. The molecule has 2 amide bonds. The monoisotopic (exact) mass is 386 g/mol. The minimum absolute atomic E-state index is 0.0714. The maximum absolute atomic E-state index is 14.4. The summed E-state index contributed by atoms with van der Waals surface area (Å²) in [6.07, 6.45) is 1.48. The first kappa shape index (κ1) is 19.9. The van der Waals surface area contributed by atoms with Gasteiger partial charge in [-0.15, -0.1) is 0 Å². The third-order valence-corrected chi connectivity index (χ3v) is 4.99. The largest absolute Gasteiger partial charge is 0.340 e. The molecular formula is C21H24F2N4O. The quantitative estimate of drug-likeness (QED) is 0.852. The predicted molar refractivity (Wildman–Crippen MR) is 105 cm³/mol. The number of nitrogens with two attached hydrogens (primary N) is 1. The molecule has 1 aliphatic heterocycles. The van der Waals surface area contributed by atoms with Crippen molar-refractivity contribution in [3.8, 4) is 0 Å². The normalized spacial score (nSPS) is 18.9. The van der Waals surface area contributed by atoms with Gasteiger partial charge in [-0.3, -0.25) is 0 Å². The Balaban J connectivity index is 2.15. The molecule has 148 valence electrons. The Kier molecular flexibility index (Phi) is 5.74. The van der Waals surface area contributed by atoms with Gasteiger partial charge in [-0.25, -0.2) is 18.6 Å². The van der Waals surface area contributed by atoms with Crippen LogP contribution in [0.25, 0.3) is 0 Å². The fourth-order valence-corrected chi connectivity index (χ4v) is 3.59. The van der Waals surface area contributed by atoms with Gasteiger partial charge in [0.15, 0.2) is 0 Å². The van der Waals surface area contributed by atoms with E-state index in [-0.39, 0.29) is 18.0 Å². The summed E-state index contributed by atoms with van der Waals surface area (Å²) in [5, 5.41) is 5.88. The van der Waals surface area contributed by atoms with Crippen LogP contribution in [0, 0.1) is 11.6 Å². The first-order chi connectivity index (χ1) is 13.4. The summed E-state index contributed by atoms with van der Waals surface area (Å²) in [5.74, 6) is -1.12. The van der Waals surface area contributed by atoms with E-state index in [9.17, 15) is 13.6 Å². The Hall–Kier alpha value is -2.80. The van der Waals surface area contributed by atoms with E-state index in [0.29, 0.717) is 25.1 Å². The highest BCUT2D eigenvalue weighted by molar-refractivity contribution is 6.04. The summed E-state index contributed by atoms with van der Waals surface area (Å²) in [4.78, 5) is 14.4. The van der Waals surface area contributed by atoms with Gasteiger partial charge in [-0.05, 0) is 43.1 Å². The van der Waals surface area contributed by atoms with Crippen molar-refractivity contribution in [2.75, 3.05) is 20.6 Å². The summed E-state index contributed by atoms with van der Waals surface area (Å²) in [7, 11) is 3.27. The Labute approximate surface area is 163 Å². The number of halogens is 2. The fourth-order valence-electron chi connectivity index (χ4n) is 3.59. The number of rotatable bonds is 5. The van der Waals surface area contributed by atoms with E-state index in [0.717, 1.165) is 23.8 Å². The molecule has 0 unspecified atom stereocenters. The summed E-state index contributed by atoms with van der Waals surface area (Å²) in [6.45, 7) is 0.447. The van der Waals surface area contributed by atoms with Crippen molar-refractivity contribution in [2.45, 2.75) is 24.8 Å². The second-order valence-electron chi connectivity index (χ2n) is 7.13. The van der Waals surface area contributed by atoms with E-state index in [4.69, 9.17) is 5.73 Å². The van der Waals surface area contributed by atoms with Gasteiger partial charge in [-0.1, -0.05) is 30.3 Å². The molecule has 28 heavy (non-hydrogen) atoms. The molecule has 0 aromatic heterocycles. The van der Waals surface area contributed by atoms with E-state index >= 15 is 0 Å². The van der Waals surface area contributed by atoms with Crippen LogP contribution in [0.15, 0.2) is 53.6 Å². The molecule has 0 bridgehead atoms. The van der Waals surface area contributed by atoms with E-state index < -0.39 is 17.2 Å². The van der Waals surface area contributed by atoms with Gasteiger partial charge in [0.1, 0.15) is 11.6 Å². The van der Waals surface area contributed by atoms with Crippen LogP contribution in [0.4, 0.5) is 13.6 Å². The minimum atomic E-state index is -0.809. The zero-order valence-electron chi connectivity index (χ0n) is 16.0. The Morgan fingerprint density at radius 3 is 2.57 bits per heavy atom. The SMILES string of the molecule is CN(C)C(=O)N1N=C(c2cc(F)ccc2F)C[C@]1(CCCN)c1ccccc1. The summed E-state index contributed by atoms with van der Waals surface area (Å²) >= 11 is 0. The first-order valence-electron chi connectivity index (χ1n) is 9.19. The first-order valence-corrected chi connectivity index (χ1v) is 9.19. The molecular weight excluding hydrogens is 362 g/mol. The number of hydrogen-bond acceptors (Lipinski definition) is 3. The van der Waals surface area contributed by atoms with Crippen LogP contribution in [0.2, 0.25) is 0 Å². The van der Waals surface area contributed by atoms with Crippen molar-refractivity contribution in [2.24, 2.45) is 10.8 Å². The molecule has 2 N–H and O–H groups in total. The molecule has 2 aromatic rings. The van der Waals surface area contributed by atoms with Crippen LogP contribution >= 0.6 is 0 Å². The topological polar surface area (TPSA) is 61.9 Å². The van der Waals surface area contributed by atoms with Gasteiger partial charge in [0.05, 0.1) is 11.3 Å². The standard InChI is InChI=1S/C21H24F2N4O/c1-26(2)20(28)27-21(11-6-12-24,15-7-4-3-5-8-15)14-19(25-27)17-13-16(22)9-10-18(17)23/h3-5,7-10,13H,6,11-12,14,24H2,1-2H3/t21-/m1/s1. The zero-order valence-corrected chi connectivity index (χ0v) is 16.0. The van der Waals surface area contributed by atoms with Crippen molar-refractivity contribution in [3.05, 3.63) is 71.3 Å². The van der Waals surface area contributed by atoms with Crippen LogP contribution in [-0.2, 0) is 5.54 Å². The van der Waals surface area contributed by atoms with E-state index in [2.05, 4.69) is 5.10 Å². The number of urea groups is 1. The van der Waals surface area contributed by atoms with E-state index in [1.807, 2.05) is 30.3 Å². The maximum atomic E-state index is 14.4. The van der Waals surface area contributed by atoms with Gasteiger partial charge in [0.25, 0.3) is 0 Å². The highest BCUT2D eigenvalue weighted by atomic mass is 19.1. The van der Waals surface area contributed by atoms with Crippen LogP contribution in [0.1, 0.15) is 30.4 Å². The summed E-state index contributed by atoms with van der Waals surface area (Å²) in [5.41, 5.74) is 6.24. The molecule has 5 nitrogen and oxygen atoms in total. The van der Waals surface area contributed by atoms with E-state index in [1.54, 1.807) is 14.1 Å². The lowest BCUT2D eigenvalue weighted by atomic mass is 9.80. The Morgan fingerprint density at radius 1 is 1.21 bits per heavy atom. The summed E-state index contributed by atoms with van der Waals surface area (Å²) in [6, 6.07) is 12.4. The number of hydrazone groups is 1. The lowest BCUT2D eigenvalue weighted by Gasteiger charge is -2.38. The molecule has 0 radical (unpaired) electrons. The fraction of sp³-hybridized carbons (Fsp3) is 0.333. The zero-order chi connectivity index (χ0) is 20.3. The predicted octanol–water partition coefficient (Wildman–Crippen LogP) is 3.69. The third-order valence-electron chi connectivity index (χ3n) is 4.99. The van der Waals surface area contributed by atoms with Crippen LogP contribution in [-0.4, -0.2) is 42.3 Å². The Bertz CT molecular complexity index is 885. The summed E-state index contributed by atoms with van der Waals surface area (Å²) < 4.78 is 28.2. The Morgan fingerprint density at radius 2 is 1.93 bits per heavy atom. The molecule has 2 aromatic carbocycles. The number of hydrogen-bond donors (Lipinski definition) is 1. The van der Waals surface area contributed by atoms with Crippen LogP contribution in [0.3, 0.4) is 0 Å². The molecule has 0 aliphatic carbocycles. The average molecular weight is 386 g/mol. The number of benzene rings is 2. The van der Waals surface area contributed by atoms with Gasteiger partial charge in [0.2, 0.25) is 0 Å². The minimum Gasteiger partial charge on any atom is -0.330 e. The van der Waals surface area contributed by atoms with Gasteiger partial charge in [-0.2, -0.15) is 5.10 Å². The third kappa shape index (κ3) is 3.62. The van der Waals surface area contributed by atoms with Crippen molar-refractivity contribution in [1.82, 2.24) is 9.91 Å². The van der Waals surface area contributed by atoms with Crippen molar-refractivity contribution < 1.29 is 13.6 Å². The van der Waals surface area contributed by atoms with Gasteiger partial charge < -0.3 is 10.6 Å². The molecule has 1 heterocycles. The molecule has 0 fully saturated rings. The molecule has 0 saturated carbocycles. The maximum Gasteiger partial charge on any atom is 0.340 e. The number of carbonyl (C=O) groups excluding carboxylic acids is 1. The number of nitrogens with zero attached hydrogens (tertiary/aromatic N) is 3. The van der Waals surface area contributed by atoms with E-state index in [1.165, 1.54) is 9.91 Å². The molecule has 1 atom stereocenters. The van der Waals surface area contributed by atoms with Crippen LogP contribution in [0.5, 0.6) is 0 Å². The number of carbonyl (C=O) groups is 1. The molecule has 0 spiro atoms. The van der Waals surface area contributed by atoms with Crippen molar-refractivity contribution >= 4 is 11.7 Å².